The lowest BCUT2D eigenvalue weighted by Crippen LogP contribution is -2.44. The minimum atomic E-state index is 0. The van der Waals surface area contributed by atoms with Crippen LogP contribution in [0.5, 0.6) is 5.75 Å². The van der Waals surface area contributed by atoms with Crippen LogP contribution in [0, 0.1) is 0 Å². The lowest BCUT2D eigenvalue weighted by Gasteiger charge is -2.33. The van der Waals surface area contributed by atoms with Crippen LogP contribution in [-0.2, 0) is 11.3 Å². The van der Waals surface area contributed by atoms with Crippen molar-refractivity contribution in [2.45, 2.75) is 19.9 Å². The van der Waals surface area contributed by atoms with E-state index in [2.05, 4.69) is 45.5 Å². The summed E-state index contributed by atoms with van der Waals surface area (Å²) in [5, 5.41) is 6.69. The second kappa shape index (κ2) is 14.9. The molecule has 33 heavy (non-hydrogen) atoms. The molecule has 0 atom stereocenters. The fraction of sp³-hybridized carbons (Fsp3) is 0.500. The van der Waals surface area contributed by atoms with Gasteiger partial charge in [-0.25, -0.2) is 9.98 Å². The number of anilines is 2. The summed E-state index contributed by atoms with van der Waals surface area (Å²) >= 11 is 0. The minimum Gasteiger partial charge on any atom is -0.493 e. The van der Waals surface area contributed by atoms with Gasteiger partial charge >= 0.3 is 0 Å². The number of aromatic nitrogens is 1. The van der Waals surface area contributed by atoms with Crippen molar-refractivity contribution in [2.24, 2.45) is 4.99 Å². The normalized spacial score (nSPS) is 14.5. The first-order chi connectivity index (χ1) is 15.7. The molecule has 0 saturated carbocycles. The Hall–Kier alpha value is -2.11. The molecule has 2 N–H and O–H groups in total. The number of likely N-dealkylation sites (N-methyl/N-ethyl adjacent to an activating group) is 1. The first kappa shape index (κ1) is 27.1. The van der Waals surface area contributed by atoms with E-state index in [1.807, 2.05) is 36.5 Å². The Morgan fingerprint density at radius 2 is 1.94 bits per heavy atom. The predicted molar refractivity (Wildman–Crippen MR) is 146 cm³/mol. The van der Waals surface area contributed by atoms with Gasteiger partial charge in [0.25, 0.3) is 0 Å². The van der Waals surface area contributed by atoms with Crippen LogP contribution in [0.25, 0.3) is 0 Å². The van der Waals surface area contributed by atoms with E-state index in [0.717, 1.165) is 67.9 Å². The topological polar surface area (TPSA) is 74.3 Å². The van der Waals surface area contributed by atoms with Gasteiger partial charge < -0.3 is 29.9 Å². The number of hydrogen-bond acceptors (Lipinski definition) is 6. The number of benzene rings is 1. The number of ether oxygens (including phenoxy) is 2. The number of piperazine rings is 1. The van der Waals surface area contributed by atoms with Gasteiger partial charge in [0, 0.05) is 70.8 Å². The Morgan fingerprint density at radius 3 is 2.70 bits per heavy atom. The SMILES string of the molecule is CCNC(=NCc1ccnc(N2CCN(C)CC2)c1)Nc1cccc(OCCCOC)c1.I. The lowest BCUT2D eigenvalue weighted by atomic mass is 10.2. The Kier molecular flexibility index (Phi) is 12.3. The van der Waals surface area contributed by atoms with Crippen LogP contribution in [0.15, 0.2) is 47.6 Å². The highest BCUT2D eigenvalue weighted by atomic mass is 127. The molecular formula is C24H37IN6O2. The average Bonchev–Trinajstić information content (AvgIpc) is 2.81. The number of nitrogens with zero attached hydrogens (tertiary/aromatic N) is 4. The molecule has 1 aromatic carbocycles. The third-order valence-electron chi connectivity index (χ3n) is 5.26. The number of nitrogens with one attached hydrogen (secondary N) is 2. The molecule has 0 aliphatic carbocycles. The van der Waals surface area contributed by atoms with Gasteiger partial charge in [-0.2, -0.15) is 0 Å². The largest absolute Gasteiger partial charge is 0.493 e. The van der Waals surface area contributed by atoms with Crippen LogP contribution < -0.4 is 20.3 Å². The van der Waals surface area contributed by atoms with Crippen LogP contribution in [0.2, 0.25) is 0 Å². The Balaban J connectivity index is 0.00000385. The van der Waals surface area contributed by atoms with E-state index in [1.54, 1.807) is 7.11 Å². The molecule has 2 aromatic rings. The van der Waals surface area contributed by atoms with E-state index < -0.39 is 0 Å². The molecule has 1 aliphatic heterocycles. The number of methoxy groups -OCH3 is 1. The monoisotopic (exact) mass is 568 g/mol. The van der Waals surface area contributed by atoms with E-state index in [1.165, 1.54) is 0 Å². The standard InChI is InChI=1S/C24H36N6O2.HI/c1-4-25-24(28-21-7-5-8-22(18-21)32-16-6-15-31-3)27-19-20-9-10-26-23(17-20)30-13-11-29(2)12-14-30;/h5,7-10,17-18H,4,6,11-16,19H2,1-3H3,(H2,25,27,28);1H. The van der Waals surface area contributed by atoms with Gasteiger partial charge in [-0.15, -0.1) is 24.0 Å². The summed E-state index contributed by atoms with van der Waals surface area (Å²) in [6.45, 7) is 8.87. The van der Waals surface area contributed by atoms with Crippen LogP contribution >= 0.6 is 24.0 Å². The summed E-state index contributed by atoms with van der Waals surface area (Å²) in [5.41, 5.74) is 2.07. The van der Waals surface area contributed by atoms with Crippen molar-refractivity contribution < 1.29 is 9.47 Å². The van der Waals surface area contributed by atoms with Crippen LogP contribution in [0.4, 0.5) is 11.5 Å². The minimum absolute atomic E-state index is 0. The van der Waals surface area contributed by atoms with Crippen LogP contribution in [-0.4, -0.2) is 75.9 Å². The van der Waals surface area contributed by atoms with E-state index >= 15 is 0 Å². The van der Waals surface area contributed by atoms with Crippen molar-refractivity contribution in [1.82, 2.24) is 15.2 Å². The second-order valence-electron chi connectivity index (χ2n) is 7.86. The maximum absolute atomic E-state index is 5.80. The summed E-state index contributed by atoms with van der Waals surface area (Å²) in [5.74, 6) is 2.59. The van der Waals surface area contributed by atoms with Gasteiger partial charge in [0.05, 0.1) is 13.2 Å². The number of aliphatic imine (C=N–C) groups is 1. The van der Waals surface area contributed by atoms with Gasteiger partial charge in [-0.1, -0.05) is 6.07 Å². The second-order valence-corrected chi connectivity index (χ2v) is 7.86. The smallest absolute Gasteiger partial charge is 0.196 e. The van der Waals surface area contributed by atoms with Gasteiger partial charge in [0.1, 0.15) is 11.6 Å². The molecule has 1 saturated heterocycles. The number of guanidine groups is 1. The number of hydrogen-bond donors (Lipinski definition) is 2. The Bertz CT molecular complexity index is 858. The molecule has 9 heteroatoms. The molecule has 0 spiro atoms. The highest BCUT2D eigenvalue weighted by molar-refractivity contribution is 14.0. The van der Waals surface area contributed by atoms with E-state index in [9.17, 15) is 0 Å². The average molecular weight is 569 g/mol. The zero-order chi connectivity index (χ0) is 22.6. The zero-order valence-corrected chi connectivity index (χ0v) is 22.2. The van der Waals surface area contributed by atoms with Gasteiger partial charge in [0.15, 0.2) is 5.96 Å². The third kappa shape index (κ3) is 9.34. The molecule has 0 amide bonds. The van der Waals surface area contributed by atoms with Crippen LogP contribution in [0.3, 0.4) is 0 Å². The maximum Gasteiger partial charge on any atom is 0.196 e. The molecule has 0 bridgehead atoms. The van der Waals surface area contributed by atoms with Crippen molar-refractivity contribution in [2.75, 3.05) is 70.3 Å². The molecule has 1 fully saturated rings. The number of pyridine rings is 1. The number of halogens is 1. The fourth-order valence-electron chi connectivity index (χ4n) is 3.44. The van der Waals surface area contributed by atoms with Gasteiger partial charge in [0.2, 0.25) is 0 Å². The molecule has 0 unspecified atom stereocenters. The van der Waals surface area contributed by atoms with Crippen molar-refractivity contribution in [3.05, 3.63) is 48.2 Å². The first-order valence-electron chi connectivity index (χ1n) is 11.3. The summed E-state index contributed by atoms with van der Waals surface area (Å²) in [4.78, 5) is 14.0. The molecular weight excluding hydrogens is 531 g/mol. The molecule has 8 nitrogen and oxygen atoms in total. The summed E-state index contributed by atoms with van der Waals surface area (Å²) in [7, 11) is 3.86. The van der Waals surface area contributed by atoms with Crippen LogP contribution in [0.1, 0.15) is 18.9 Å². The first-order valence-corrected chi connectivity index (χ1v) is 11.3. The van der Waals surface area contributed by atoms with E-state index in [0.29, 0.717) is 19.8 Å². The molecule has 2 heterocycles. The predicted octanol–water partition coefficient (Wildman–Crippen LogP) is 3.44. The highest BCUT2D eigenvalue weighted by Gasteiger charge is 2.15. The van der Waals surface area contributed by atoms with Crippen molar-refractivity contribution in [3.63, 3.8) is 0 Å². The van der Waals surface area contributed by atoms with Crippen molar-refractivity contribution in [1.29, 1.82) is 0 Å². The Morgan fingerprint density at radius 1 is 1.12 bits per heavy atom. The molecule has 1 aliphatic rings. The van der Waals surface area contributed by atoms with E-state index in [4.69, 9.17) is 14.5 Å². The van der Waals surface area contributed by atoms with E-state index in [-0.39, 0.29) is 24.0 Å². The third-order valence-corrected chi connectivity index (χ3v) is 5.26. The van der Waals surface area contributed by atoms with Crippen molar-refractivity contribution in [3.8, 4) is 5.75 Å². The highest BCUT2D eigenvalue weighted by Crippen LogP contribution is 2.18. The van der Waals surface area contributed by atoms with Gasteiger partial charge in [-0.3, -0.25) is 0 Å². The molecule has 0 radical (unpaired) electrons. The summed E-state index contributed by atoms with van der Waals surface area (Å²) < 4.78 is 10.9. The number of rotatable bonds is 10. The Labute approximate surface area is 214 Å². The fourth-order valence-corrected chi connectivity index (χ4v) is 3.44. The zero-order valence-electron chi connectivity index (χ0n) is 19.9. The molecule has 3 rings (SSSR count). The molecule has 182 valence electrons. The maximum atomic E-state index is 5.80. The van der Waals surface area contributed by atoms with Gasteiger partial charge in [-0.05, 0) is 43.8 Å². The molecule has 1 aromatic heterocycles. The lowest BCUT2D eigenvalue weighted by molar-refractivity contribution is 0.172. The summed E-state index contributed by atoms with van der Waals surface area (Å²) in [6.07, 6.45) is 2.74. The van der Waals surface area contributed by atoms with Crippen molar-refractivity contribution >= 4 is 41.4 Å². The quantitative estimate of drug-likeness (QED) is 0.197. The summed E-state index contributed by atoms with van der Waals surface area (Å²) in [6, 6.07) is 12.1.